The molecule has 0 fully saturated rings. The Morgan fingerprint density at radius 2 is 1.91 bits per heavy atom. The predicted molar refractivity (Wildman–Crippen MR) is 88.2 cm³/mol. The van der Waals surface area contributed by atoms with Gasteiger partial charge in [-0.3, -0.25) is 9.78 Å². The quantitative estimate of drug-likeness (QED) is 0.759. The van der Waals surface area contributed by atoms with Gasteiger partial charge in [0, 0.05) is 31.1 Å². The zero-order valence-electron chi connectivity index (χ0n) is 12.7. The highest BCUT2D eigenvalue weighted by Gasteiger charge is 2.06. The van der Waals surface area contributed by atoms with Crippen LogP contribution in [-0.4, -0.2) is 27.2 Å². The average Bonchev–Trinajstić information content (AvgIpc) is 3.05. The molecule has 1 aromatic carbocycles. The third-order valence-electron chi connectivity index (χ3n) is 3.45. The number of carbonyl (C=O) groups excluding carboxylic acids is 1. The first-order chi connectivity index (χ1) is 11.3. The zero-order valence-corrected chi connectivity index (χ0v) is 12.7. The SMILES string of the molecule is O=C(Cc1cnn(-c2ccccc2)c1)NCCc1ccccn1. The third kappa shape index (κ3) is 4.26. The van der Waals surface area contributed by atoms with Crippen LogP contribution in [0.15, 0.2) is 67.1 Å². The summed E-state index contributed by atoms with van der Waals surface area (Å²) in [4.78, 5) is 16.2. The van der Waals surface area contributed by atoms with Crippen molar-refractivity contribution in [3.8, 4) is 5.69 Å². The van der Waals surface area contributed by atoms with Crippen molar-refractivity contribution in [3.05, 3.63) is 78.4 Å². The second-order valence-corrected chi connectivity index (χ2v) is 5.23. The van der Waals surface area contributed by atoms with Gasteiger partial charge in [0.1, 0.15) is 0 Å². The van der Waals surface area contributed by atoms with Crippen LogP contribution in [-0.2, 0) is 17.6 Å². The fourth-order valence-corrected chi connectivity index (χ4v) is 2.30. The van der Waals surface area contributed by atoms with Crippen molar-refractivity contribution in [2.75, 3.05) is 6.54 Å². The van der Waals surface area contributed by atoms with E-state index in [2.05, 4.69) is 15.4 Å². The van der Waals surface area contributed by atoms with E-state index in [9.17, 15) is 4.79 Å². The molecule has 2 heterocycles. The summed E-state index contributed by atoms with van der Waals surface area (Å²) in [6, 6.07) is 15.6. The van der Waals surface area contributed by atoms with Crippen molar-refractivity contribution in [3.63, 3.8) is 0 Å². The largest absolute Gasteiger partial charge is 0.355 e. The van der Waals surface area contributed by atoms with E-state index in [0.717, 1.165) is 23.4 Å². The number of pyridine rings is 1. The van der Waals surface area contributed by atoms with Crippen LogP contribution in [0.2, 0.25) is 0 Å². The summed E-state index contributed by atoms with van der Waals surface area (Å²) in [6.07, 6.45) is 6.43. The van der Waals surface area contributed by atoms with E-state index in [1.807, 2.05) is 54.7 Å². The number of benzene rings is 1. The van der Waals surface area contributed by atoms with Crippen molar-refractivity contribution in [2.24, 2.45) is 0 Å². The van der Waals surface area contributed by atoms with Crippen molar-refractivity contribution in [2.45, 2.75) is 12.8 Å². The summed E-state index contributed by atoms with van der Waals surface area (Å²) in [5.74, 6) is -0.00598. The van der Waals surface area contributed by atoms with Gasteiger partial charge in [0.15, 0.2) is 0 Å². The third-order valence-corrected chi connectivity index (χ3v) is 3.45. The lowest BCUT2D eigenvalue weighted by Crippen LogP contribution is -2.27. The molecule has 0 aliphatic carbocycles. The Morgan fingerprint density at radius 3 is 2.70 bits per heavy atom. The topological polar surface area (TPSA) is 59.8 Å². The molecule has 0 aliphatic heterocycles. The highest BCUT2D eigenvalue weighted by molar-refractivity contribution is 5.78. The maximum absolute atomic E-state index is 12.0. The Morgan fingerprint density at radius 1 is 1.09 bits per heavy atom. The molecule has 1 amide bonds. The molecule has 2 aromatic heterocycles. The van der Waals surface area contributed by atoms with Gasteiger partial charge in [-0.05, 0) is 29.8 Å². The standard InChI is InChI=1S/C18H18N4O/c23-18(20-11-9-16-6-4-5-10-19-16)12-15-13-21-22(14-15)17-7-2-1-3-8-17/h1-8,10,13-14H,9,11-12H2,(H,20,23). The smallest absolute Gasteiger partial charge is 0.224 e. The highest BCUT2D eigenvalue weighted by atomic mass is 16.1. The lowest BCUT2D eigenvalue weighted by Gasteiger charge is -2.04. The minimum absolute atomic E-state index is 0.00598. The van der Waals surface area contributed by atoms with Crippen LogP contribution >= 0.6 is 0 Å². The van der Waals surface area contributed by atoms with Crippen LogP contribution in [0.25, 0.3) is 5.69 Å². The normalized spacial score (nSPS) is 10.4. The van der Waals surface area contributed by atoms with Gasteiger partial charge in [-0.15, -0.1) is 0 Å². The van der Waals surface area contributed by atoms with Gasteiger partial charge in [0.05, 0.1) is 18.3 Å². The Balaban J connectivity index is 1.49. The van der Waals surface area contributed by atoms with Crippen LogP contribution in [0.4, 0.5) is 0 Å². The summed E-state index contributed by atoms with van der Waals surface area (Å²) >= 11 is 0. The molecule has 1 N–H and O–H groups in total. The average molecular weight is 306 g/mol. The number of hydrogen-bond donors (Lipinski definition) is 1. The van der Waals surface area contributed by atoms with Crippen molar-refractivity contribution in [1.82, 2.24) is 20.1 Å². The van der Waals surface area contributed by atoms with Crippen molar-refractivity contribution < 1.29 is 4.79 Å². The molecule has 0 unspecified atom stereocenters. The minimum atomic E-state index is -0.00598. The molecule has 5 heteroatoms. The van der Waals surface area contributed by atoms with Crippen LogP contribution in [0, 0.1) is 0 Å². The van der Waals surface area contributed by atoms with E-state index in [1.54, 1.807) is 17.1 Å². The molecule has 116 valence electrons. The first-order valence-electron chi connectivity index (χ1n) is 7.57. The zero-order chi connectivity index (χ0) is 15.9. The maximum atomic E-state index is 12.0. The first kappa shape index (κ1) is 15.0. The molecule has 0 bridgehead atoms. The number of hydrogen-bond acceptors (Lipinski definition) is 3. The Labute approximate surface area is 135 Å². The van der Waals surface area contributed by atoms with Gasteiger partial charge >= 0.3 is 0 Å². The Hall–Kier alpha value is -2.95. The Kier molecular flexibility index (Phi) is 4.79. The van der Waals surface area contributed by atoms with E-state index < -0.39 is 0 Å². The van der Waals surface area contributed by atoms with E-state index in [4.69, 9.17) is 0 Å². The number of rotatable bonds is 6. The summed E-state index contributed by atoms with van der Waals surface area (Å²) in [5.41, 5.74) is 2.85. The molecule has 0 saturated heterocycles. The lowest BCUT2D eigenvalue weighted by molar-refractivity contribution is -0.120. The number of para-hydroxylation sites is 1. The molecule has 0 aliphatic rings. The van der Waals surface area contributed by atoms with Crippen LogP contribution in [0.3, 0.4) is 0 Å². The molecule has 5 nitrogen and oxygen atoms in total. The van der Waals surface area contributed by atoms with Crippen molar-refractivity contribution in [1.29, 1.82) is 0 Å². The minimum Gasteiger partial charge on any atom is -0.355 e. The van der Waals surface area contributed by atoms with E-state index >= 15 is 0 Å². The number of nitrogens with one attached hydrogen (secondary N) is 1. The number of aromatic nitrogens is 3. The van der Waals surface area contributed by atoms with E-state index in [1.165, 1.54) is 0 Å². The number of carbonyl (C=O) groups is 1. The lowest BCUT2D eigenvalue weighted by atomic mass is 10.2. The first-order valence-corrected chi connectivity index (χ1v) is 7.57. The summed E-state index contributed by atoms with van der Waals surface area (Å²) in [6.45, 7) is 0.586. The van der Waals surface area contributed by atoms with Gasteiger partial charge in [-0.2, -0.15) is 5.10 Å². The van der Waals surface area contributed by atoms with E-state index in [-0.39, 0.29) is 5.91 Å². The predicted octanol–water partition coefficient (Wildman–Crippen LogP) is 2.17. The van der Waals surface area contributed by atoms with Crippen molar-refractivity contribution >= 4 is 5.91 Å². The van der Waals surface area contributed by atoms with Crippen LogP contribution in [0.1, 0.15) is 11.3 Å². The molecule has 0 saturated carbocycles. The Bertz CT molecular complexity index is 753. The summed E-state index contributed by atoms with van der Waals surface area (Å²) in [5, 5.41) is 7.21. The second-order valence-electron chi connectivity index (χ2n) is 5.23. The number of amides is 1. The number of nitrogens with zero attached hydrogens (tertiary/aromatic N) is 3. The molecule has 0 radical (unpaired) electrons. The second kappa shape index (κ2) is 7.35. The van der Waals surface area contributed by atoms with Gasteiger partial charge in [0.25, 0.3) is 0 Å². The molecule has 3 rings (SSSR count). The monoisotopic (exact) mass is 306 g/mol. The molecule has 0 spiro atoms. The fraction of sp³-hybridized carbons (Fsp3) is 0.167. The summed E-state index contributed by atoms with van der Waals surface area (Å²) in [7, 11) is 0. The molecular formula is C18H18N4O. The van der Waals surface area contributed by atoms with E-state index in [0.29, 0.717) is 13.0 Å². The van der Waals surface area contributed by atoms with Gasteiger partial charge in [-0.1, -0.05) is 24.3 Å². The van der Waals surface area contributed by atoms with Crippen LogP contribution < -0.4 is 5.32 Å². The summed E-state index contributed by atoms with van der Waals surface area (Å²) < 4.78 is 1.77. The molecule has 23 heavy (non-hydrogen) atoms. The molecular weight excluding hydrogens is 288 g/mol. The van der Waals surface area contributed by atoms with Gasteiger partial charge in [-0.25, -0.2) is 4.68 Å². The van der Waals surface area contributed by atoms with Crippen LogP contribution in [0.5, 0.6) is 0 Å². The molecule has 3 aromatic rings. The van der Waals surface area contributed by atoms with Gasteiger partial charge in [0.2, 0.25) is 5.91 Å². The fourth-order valence-electron chi connectivity index (χ4n) is 2.30. The van der Waals surface area contributed by atoms with Gasteiger partial charge < -0.3 is 5.32 Å². The highest BCUT2D eigenvalue weighted by Crippen LogP contribution is 2.08. The molecule has 0 atom stereocenters. The maximum Gasteiger partial charge on any atom is 0.224 e.